The smallest absolute Gasteiger partial charge is 0.260 e. The van der Waals surface area contributed by atoms with Crippen molar-refractivity contribution in [3.63, 3.8) is 0 Å². The molecule has 152 valence electrons. The SMILES string of the molecule is Cc1ccc2nc(N(Cc3ccccn3)C(=O)c3ccc(OC(C)C)cc3)sc2c1. The molecule has 4 rings (SSSR count). The fourth-order valence-electron chi connectivity index (χ4n) is 3.12. The quantitative estimate of drug-likeness (QED) is 0.408. The van der Waals surface area contributed by atoms with Crippen LogP contribution in [0.3, 0.4) is 0 Å². The second-order valence-electron chi connectivity index (χ2n) is 7.37. The highest BCUT2D eigenvalue weighted by Crippen LogP contribution is 2.31. The third-order valence-electron chi connectivity index (χ3n) is 4.53. The van der Waals surface area contributed by atoms with Crippen LogP contribution in [0.1, 0.15) is 35.5 Å². The van der Waals surface area contributed by atoms with Crippen molar-refractivity contribution in [1.29, 1.82) is 0 Å². The van der Waals surface area contributed by atoms with Crippen molar-refractivity contribution in [2.75, 3.05) is 4.90 Å². The van der Waals surface area contributed by atoms with Gasteiger partial charge in [-0.15, -0.1) is 0 Å². The van der Waals surface area contributed by atoms with Crippen LogP contribution in [0.15, 0.2) is 66.9 Å². The highest BCUT2D eigenvalue weighted by Gasteiger charge is 2.22. The van der Waals surface area contributed by atoms with Crippen LogP contribution >= 0.6 is 11.3 Å². The maximum atomic E-state index is 13.5. The second kappa shape index (κ2) is 8.63. The van der Waals surface area contributed by atoms with Crippen molar-refractivity contribution < 1.29 is 9.53 Å². The minimum atomic E-state index is -0.118. The number of hydrogen-bond donors (Lipinski definition) is 0. The number of hydrogen-bond acceptors (Lipinski definition) is 5. The van der Waals surface area contributed by atoms with E-state index in [0.717, 1.165) is 21.7 Å². The predicted octanol–water partition coefficient (Wildman–Crippen LogP) is 5.63. The van der Waals surface area contributed by atoms with Crippen molar-refractivity contribution in [3.8, 4) is 5.75 Å². The fraction of sp³-hybridized carbons (Fsp3) is 0.208. The number of amides is 1. The van der Waals surface area contributed by atoms with Crippen molar-refractivity contribution >= 4 is 32.6 Å². The summed E-state index contributed by atoms with van der Waals surface area (Å²) in [5.74, 6) is 0.626. The number of aromatic nitrogens is 2. The van der Waals surface area contributed by atoms with E-state index in [1.54, 1.807) is 23.2 Å². The van der Waals surface area contributed by atoms with Gasteiger partial charge in [-0.1, -0.05) is 23.5 Å². The molecule has 4 aromatic rings. The van der Waals surface area contributed by atoms with E-state index in [0.29, 0.717) is 17.2 Å². The zero-order valence-electron chi connectivity index (χ0n) is 17.2. The minimum absolute atomic E-state index is 0.0819. The Balaban J connectivity index is 1.69. The molecule has 0 saturated heterocycles. The summed E-state index contributed by atoms with van der Waals surface area (Å²) in [7, 11) is 0. The molecule has 2 heterocycles. The maximum Gasteiger partial charge on any atom is 0.260 e. The Bertz CT molecular complexity index is 1150. The number of thiazole rings is 1. The molecular formula is C24H23N3O2S. The molecule has 0 atom stereocenters. The highest BCUT2D eigenvalue weighted by molar-refractivity contribution is 7.22. The summed E-state index contributed by atoms with van der Waals surface area (Å²) in [5, 5.41) is 0.661. The second-order valence-corrected chi connectivity index (χ2v) is 8.38. The first-order valence-corrected chi connectivity index (χ1v) is 10.7. The molecule has 1 amide bonds. The molecule has 0 fully saturated rings. The van der Waals surface area contributed by atoms with E-state index in [2.05, 4.69) is 18.0 Å². The number of ether oxygens (including phenoxy) is 1. The Labute approximate surface area is 180 Å². The van der Waals surface area contributed by atoms with Gasteiger partial charge in [0.1, 0.15) is 5.75 Å². The monoisotopic (exact) mass is 417 g/mol. The van der Waals surface area contributed by atoms with Gasteiger partial charge in [0.2, 0.25) is 0 Å². The molecule has 0 unspecified atom stereocenters. The first kappa shape index (κ1) is 20.0. The molecule has 0 saturated carbocycles. The summed E-state index contributed by atoms with van der Waals surface area (Å²) < 4.78 is 6.76. The molecule has 2 aromatic carbocycles. The van der Waals surface area contributed by atoms with E-state index in [4.69, 9.17) is 9.72 Å². The number of carbonyl (C=O) groups excluding carboxylic acids is 1. The van der Waals surface area contributed by atoms with Gasteiger partial charge < -0.3 is 4.74 Å². The number of fused-ring (bicyclic) bond motifs is 1. The molecular weight excluding hydrogens is 394 g/mol. The van der Waals surface area contributed by atoms with Gasteiger partial charge in [-0.25, -0.2) is 4.98 Å². The zero-order valence-corrected chi connectivity index (χ0v) is 18.0. The molecule has 5 nitrogen and oxygen atoms in total. The Morgan fingerprint density at radius 2 is 1.90 bits per heavy atom. The average Bonchev–Trinajstić information content (AvgIpc) is 3.15. The van der Waals surface area contributed by atoms with Crippen LogP contribution in [0.4, 0.5) is 5.13 Å². The van der Waals surface area contributed by atoms with Crippen LogP contribution < -0.4 is 9.64 Å². The lowest BCUT2D eigenvalue weighted by molar-refractivity contribution is 0.0985. The van der Waals surface area contributed by atoms with Crippen LogP contribution in [-0.2, 0) is 6.54 Å². The van der Waals surface area contributed by atoms with E-state index in [9.17, 15) is 4.79 Å². The largest absolute Gasteiger partial charge is 0.491 e. The van der Waals surface area contributed by atoms with Gasteiger partial charge in [-0.05, 0) is 74.9 Å². The predicted molar refractivity (Wildman–Crippen MR) is 121 cm³/mol. The molecule has 30 heavy (non-hydrogen) atoms. The lowest BCUT2D eigenvalue weighted by atomic mass is 10.2. The van der Waals surface area contributed by atoms with E-state index in [1.807, 2.05) is 56.3 Å². The third kappa shape index (κ3) is 4.49. The molecule has 0 bridgehead atoms. The van der Waals surface area contributed by atoms with Crippen molar-refractivity contribution in [2.24, 2.45) is 0 Å². The number of carbonyl (C=O) groups is 1. The Morgan fingerprint density at radius 3 is 2.60 bits per heavy atom. The van der Waals surface area contributed by atoms with Gasteiger partial charge in [0.15, 0.2) is 5.13 Å². The van der Waals surface area contributed by atoms with E-state index >= 15 is 0 Å². The zero-order chi connectivity index (χ0) is 21.1. The van der Waals surface area contributed by atoms with Crippen molar-refractivity contribution in [3.05, 3.63) is 83.7 Å². The van der Waals surface area contributed by atoms with Crippen LogP contribution in [-0.4, -0.2) is 22.0 Å². The number of pyridine rings is 1. The molecule has 0 radical (unpaired) electrons. The van der Waals surface area contributed by atoms with Crippen LogP contribution in [0.25, 0.3) is 10.2 Å². The van der Waals surface area contributed by atoms with Gasteiger partial charge in [0, 0.05) is 11.8 Å². The lowest BCUT2D eigenvalue weighted by Crippen LogP contribution is -2.30. The van der Waals surface area contributed by atoms with Gasteiger partial charge >= 0.3 is 0 Å². The van der Waals surface area contributed by atoms with Crippen LogP contribution in [0.2, 0.25) is 0 Å². The van der Waals surface area contributed by atoms with Gasteiger partial charge in [-0.2, -0.15) is 0 Å². The van der Waals surface area contributed by atoms with Crippen molar-refractivity contribution in [2.45, 2.75) is 33.4 Å². The van der Waals surface area contributed by atoms with Crippen LogP contribution in [0, 0.1) is 6.92 Å². The minimum Gasteiger partial charge on any atom is -0.491 e. The average molecular weight is 418 g/mol. The number of nitrogens with zero attached hydrogens (tertiary/aromatic N) is 3. The van der Waals surface area contributed by atoms with E-state index in [1.165, 1.54) is 16.9 Å². The lowest BCUT2D eigenvalue weighted by Gasteiger charge is -2.20. The Kier molecular flexibility index (Phi) is 5.77. The standard InChI is InChI=1S/C24H23N3O2S/c1-16(2)29-20-10-8-18(9-11-20)23(28)27(15-19-6-4-5-13-25-19)24-26-21-12-7-17(3)14-22(21)30-24/h4-14,16H,15H2,1-3H3. The molecule has 6 heteroatoms. The summed E-state index contributed by atoms with van der Waals surface area (Å²) in [6.45, 7) is 6.35. The molecule has 0 aliphatic heterocycles. The summed E-state index contributed by atoms with van der Waals surface area (Å²) in [6.07, 6.45) is 1.82. The summed E-state index contributed by atoms with van der Waals surface area (Å²) in [4.78, 5) is 24.3. The van der Waals surface area contributed by atoms with Crippen molar-refractivity contribution in [1.82, 2.24) is 9.97 Å². The summed E-state index contributed by atoms with van der Waals surface area (Å²) >= 11 is 1.51. The summed E-state index contributed by atoms with van der Waals surface area (Å²) in [5.41, 5.74) is 3.44. The van der Waals surface area contributed by atoms with Gasteiger partial charge in [0.05, 0.1) is 28.6 Å². The molecule has 0 spiro atoms. The number of rotatable bonds is 6. The molecule has 2 aromatic heterocycles. The van der Waals surface area contributed by atoms with Gasteiger partial charge in [-0.3, -0.25) is 14.7 Å². The third-order valence-corrected chi connectivity index (χ3v) is 5.57. The summed E-state index contributed by atoms with van der Waals surface area (Å²) in [6, 6.07) is 19.1. The Hall–Kier alpha value is -3.25. The molecule has 0 aliphatic rings. The maximum absolute atomic E-state index is 13.5. The first-order valence-electron chi connectivity index (χ1n) is 9.85. The van der Waals surface area contributed by atoms with Gasteiger partial charge in [0.25, 0.3) is 5.91 Å². The topological polar surface area (TPSA) is 55.3 Å². The van der Waals surface area contributed by atoms with Crippen LogP contribution in [0.5, 0.6) is 5.75 Å². The normalized spacial score (nSPS) is 11.1. The van der Waals surface area contributed by atoms with E-state index < -0.39 is 0 Å². The number of benzene rings is 2. The first-order chi connectivity index (χ1) is 14.5. The molecule has 0 aliphatic carbocycles. The fourth-order valence-corrected chi connectivity index (χ4v) is 4.18. The number of anilines is 1. The highest BCUT2D eigenvalue weighted by atomic mass is 32.1. The van der Waals surface area contributed by atoms with E-state index in [-0.39, 0.29) is 12.0 Å². The molecule has 0 N–H and O–H groups in total. The Morgan fingerprint density at radius 1 is 1.10 bits per heavy atom. The number of aryl methyl sites for hydroxylation is 1.